The van der Waals surface area contributed by atoms with Crippen molar-refractivity contribution in [3.63, 3.8) is 0 Å². The first kappa shape index (κ1) is 16.7. The van der Waals surface area contributed by atoms with Gasteiger partial charge in [0.05, 0.1) is 16.8 Å². The van der Waals surface area contributed by atoms with Crippen molar-refractivity contribution >= 4 is 46.9 Å². The van der Waals surface area contributed by atoms with Gasteiger partial charge in [-0.15, -0.1) is 11.8 Å². The Morgan fingerprint density at radius 1 is 1.27 bits per heavy atom. The number of para-hydroxylation sites is 1. The summed E-state index contributed by atoms with van der Waals surface area (Å²) in [4.78, 5) is 5.37. The van der Waals surface area contributed by atoms with Crippen LogP contribution in [0.25, 0.3) is 0 Å². The van der Waals surface area contributed by atoms with Crippen LogP contribution < -0.4 is 0 Å². The smallest absolute Gasteiger partial charge is 0.143 e. The highest BCUT2D eigenvalue weighted by Crippen LogP contribution is 2.32. The van der Waals surface area contributed by atoms with Gasteiger partial charge < -0.3 is 5.11 Å². The standard InChI is InChI=1S/C16H12Cl2N2OS/c17-12-8-11(16(21)13(18)9-12)10-20-14-4-1-2-5-15(14)22-7-3-6-19/h1-2,4-5,8-10,21H,3,7H2. The van der Waals surface area contributed by atoms with Gasteiger partial charge in [-0.05, 0) is 24.3 Å². The number of aliphatic imine (C=N–C) groups is 1. The summed E-state index contributed by atoms with van der Waals surface area (Å²) in [7, 11) is 0. The first-order valence-corrected chi connectivity index (χ1v) is 8.17. The second kappa shape index (κ2) is 8.09. The fraction of sp³-hybridized carbons (Fsp3) is 0.125. The lowest BCUT2D eigenvalue weighted by molar-refractivity contribution is 0.475. The van der Waals surface area contributed by atoms with Gasteiger partial charge in [-0.1, -0.05) is 35.3 Å². The monoisotopic (exact) mass is 350 g/mol. The third-order valence-electron chi connectivity index (χ3n) is 2.74. The fourth-order valence-electron chi connectivity index (χ4n) is 1.72. The highest BCUT2D eigenvalue weighted by atomic mass is 35.5. The molecule has 2 aromatic carbocycles. The van der Waals surface area contributed by atoms with Gasteiger partial charge in [0, 0.05) is 33.9 Å². The first-order valence-electron chi connectivity index (χ1n) is 6.42. The van der Waals surface area contributed by atoms with Crippen molar-refractivity contribution in [2.75, 3.05) is 5.75 Å². The van der Waals surface area contributed by atoms with E-state index in [-0.39, 0.29) is 10.8 Å². The van der Waals surface area contributed by atoms with E-state index in [0.29, 0.717) is 22.8 Å². The zero-order chi connectivity index (χ0) is 15.9. The SMILES string of the molecule is N#CCCSc1ccccc1N=Cc1cc(Cl)cc(Cl)c1O. The minimum atomic E-state index is -0.0515. The van der Waals surface area contributed by atoms with Crippen molar-refractivity contribution in [1.29, 1.82) is 5.26 Å². The van der Waals surface area contributed by atoms with Gasteiger partial charge in [-0.3, -0.25) is 4.99 Å². The van der Waals surface area contributed by atoms with E-state index in [9.17, 15) is 5.11 Å². The molecule has 0 saturated heterocycles. The molecule has 112 valence electrons. The maximum Gasteiger partial charge on any atom is 0.143 e. The summed E-state index contributed by atoms with van der Waals surface area (Å²) < 4.78 is 0. The van der Waals surface area contributed by atoms with Crippen LogP contribution in [0.4, 0.5) is 5.69 Å². The number of hydrogen-bond acceptors (Lipinski definition) is 4. The van der Waals surface area contributed by atoms with E-state index >= 15 is 0 Å². The number of benzene rings is 2. The Morgan fingerprint density at radius 3 is 2.82 bits per heavy atom. The number of aromatic hydroxyl groups is 1. The molecule has 0 aliphatic rings. The maximum atomic E-state index is 9.92. The zero-order valence-corrected chi connectivity index (χ0v) is 13.8. The summed E-state index contributed by atoms with van der Waals surface area (Å²) in [5.41, 5.74) is 1.22. The van der Waals surface area contributed by atoms with Crippen LogP contribution in [0.5, 0.6) is 5.75 Å². The number of rotatable bonds is 5. The zero-order valence-electron chi connectivity index (χ0n) is 11.5. The molecule has 1 N–H and O–H groups in total. The van der Waals surface area contributed by atoms with E-state index in [1.807, 2.05) is 24.3 Å². The Labute approximate surface area is 143 Å². The Kier molecular flexibility index (Phi) is 6.14. The largest absolute Gasteiger partial charge is 0.506 e. The van der Waals surface area contributed by atoms with E-state index in [1.165, 1.54) is 12.3 Å². The molecular formula is C16H12Cl2N2OS. The molecule has 0 aliphatic carbocycles. The number of hydrogen-bond donors (Lipinski definition) is 1. The topological polar surface area (TPSA) is 56.4 Å². The van der Waals surface area contributed by atoms with Crippen LogP contribution in [0.2, 0.25) is 10.0 Å². The molecule has 0 bridgehead atoms. The van der Waals surface area contributed by atoms with Crippen LogP contribution in [-0.4, -0.2) is 17.1 Å². The minimum absolute atomic E-state index is 0.0515. The Morgan fingerprint density at radius 2 is 2.05 bits per heavy atom. The van der Waals surface area contributed by atoms with Gasteiger partial charge in [0.1, 0.15) is 5.75 Å². The molecule has 0 saturated carbocycles. The highest BCUT2D eigenvalue weighted by Gasteiger charge is 2.06. The van der Waals surface area contributed by atoms with Gasteiger partial charge in [-0.2, -0.15) is 5.26 Å². The van der Waals surface area contributed by atoms with Crippen molar-refractivity contribution in [3.05, 3.63) is 52.0 Å². The molecule has 6 heteroatoms. The molecule has 0 heterocycles. The summed E-state index contributed by atoms with van der Waals surface area (Å²) in [6, 6.07) is 12.8. The third kappa shape index (κ3) is 4.41. The summed E-state index contributed by atoms with van der Waals surface area (Å²) >= 11 is 13.4. The van der Waals surface area contributed by atoms with Crippen LogP contribution in [0, 0.1) is 11.3 Å². The predicted octanol–water partition coefficient (Wildman–Crippen LogP) is 5.46. The van der Waals surface area contributed by atoms with Gasteiger partial charge in [-0.25, -0.2) is 0 Å². The van der Waals surface area contributed by atoms with Crippen LogP contribution in [-0.2, 0) is 0 Å². The molecule has 2 aromatic rings. The number of phenolic OH excluding ortho intramolecular Hbond substituents is 1. The molecule has 0 spiro atoms. The molecule has 0 amide bonds. The van der Waals surface area contributed by atoms with Gasteiger partial charge in [0.15, 0.2) is 0 Å². The fourth-order valence-corrected chi connectivity index (χ4v) is 3.08. The van der Waals surface area contributed by atoms with E-state index in [2.05, 4.69) is 11.1 Å². The van der Waals surface area contributed by atoms with Crippen LogP contribution in [0.1, 0.15) is 12.0 Å². The average molecular weight is 351 g/mol. The van der Waals surface area contributed by atoms with Crippen molar-refractivity contribution in [2.24, 2.45) is 4.99 Å². The highest BCUT2D eigenvalue weighted by molar-refractivity contribution is 7.99. The lowest BCUT2D eigenvalue weighted by Crippen LogP contribution is -1.85. The first-order chi connectivity index (χ1) is 10.6. The van der Waals surface area contributed by atoms with Crippen LogP contribution in [0.15, 0.2) is 46.3 Å². The van der Waals surface area contributed by atoms with E-state index < -0.39 is 0 Å². The van der Waals surface area contributed by atoms with Gasteiger partial charge in [0.25, 0.3) is 0 Å². The quantitative estimate of drug-likeness (QED) is 0.442. The summed E-state index contributed by atoms with van der Waals surface area (Å²) in [5, 5.41) is 19.1. The van der Waals surface area contributed by atoms with Crippen LogP contribution >= 0.6 is 35.0 Å². The third-order valence-corrected chi connectivity index (χ3v) is 4.31. The number of nitrogens with zero attached hydrogens (tertiary/aromatic N) is 2. The van der Waals surface area contributed by atoms with Crippen LogP contribution in [0.3, 0.4) is 0 Å². The number of halogens is 2. The Hall–Kier alpha value is -1.67. The average Bonchev–Trinajstić information content (AvgIpc) is 2.51. The van der Waals surface area contributed by atoms with Crippen molar-refractivity contribution in [2.45, 2.75) is 11.3 Å². The van der Waals surface area contributed by atoms with Crippen molar-refractivity contribution in [3.8, 4) is 11.8 Å². The lowest BCUT2D eigenvalue weighted by Gasteiger charge is -2.05. The Balaban J connectivity index is 2.25. The van der Waals surface area contributed by atoms with Gasteiger partial charge >= 0.3 is 0 Å². The molecule has 0 unspecified atom stereocenters. The van der Waals surface area contributed by atoms with E-state index in [1.54, 1.807) is 17.8 Å². The summed E-state index contributed by atoms with van der Waals surface area (Å²) in [6.45, 7) is 0. The summed E-state index contributed by atoms with van der Waals surface area (Å²) in [6.07, 6.45) is 2.00. The number of thioether (sulfide) groups is 1. The van der Waals surface area contributed by atoms with E-state index in [4.69, 9.17) is 28.5 Å². The van der Waals surface area contributed by atoms with E-state index in [0.717, 1.165) is 10.6 Å². The molecule has 0 aromatic heterocycles. The lowest BCUT2D eigenvalue weighted by atomic mass is 10.2. The molecule has 0 atom stereocenters. The molecule has 3 nitrogen and oxygen atoms in total. The second-order valence-electron chi connectivity index (χ2n) is 4.31. The summed E-state index contributed by atoms with van der Waals surface area (Å²) in [5.74, 6) is 0.654. The predicted molar refractivity (Wildman–Crippen MR) is 92.8 cm³/mol. The molecule has 0 fully saturated rings. The maximum absolute atomic E-state index is 9.92. The molecule has 2 rings (SSSR count). The Bertz CT molecular complexity index is 741. The number of nitriles is 1. The molecule has 22 heavy (non-hydrogen) atoms. The van der Waals surface area contributed by atoms with Crippen molar-refractivity contribution in [1.82, 2.24) is 0 Å². The second-order valence-corrected chi connectivity index (χ2v) is 6.29. The normalized spacial score (nSPS) is 10.8. The van der Waals surface area contributed by atoms with Crippen molar-refractivity contribution < 1.29 is 5.11 Å². The van der Waals surface area contributed by atoms with Gasteiger partial charge in [0.2, 0.25) is 0 Å². The molecular weight excluding hydrogens is 339 g/mol. The number of phenols is 1. The minimum Gasteiger partial charge on any atom is -0.506 e. The molecule has 0 aliphatic heterocycles. The molecule has 0 radical (unpaired) electrons.